The van der Waals surface area contributed by atoms with E-state index >= 15 is 0 Å². The van der Waals surface area contributed by atoms with Crippen molar-refractivity contribution in [2.75, 3.05) is 11.9 Å². The van der Waals surface area contributed by atoms with Crippen molar-refractivity contribution in [2.45, 2.75) is 19.4 Å². The number of aliphatic hydroxyl groups excluding tert-OH is 1. The Morgan fingerprint density at radius 2 is 2.06 bits per heavy atom. The molecule has 0 aliphatic carbocycles. The van der Waals surface area contributed by atoms with Gasteiger partial charge < -0.3 is 15.7 Å². The van der Waals surface area contributed by atoms with E-state index in [-0.39, 0.29) is 18.5 Å². The van der Waals surface area contributed by atoms with Crippen LogP contribution in [0.15, 0.2) is 24.3 Å². The molecular weight excluding hydrogens is 227 g/mol. The topological polar surface area (TPSA) is 44.3 Å². The van der Waals surface area contributed by atoms with E-state index < -0.39 is 0 Å². The molecule has 0 fully saturated rings. The van der Waals surface area contributed by atoms with Gasteiger partial charge in [-0.1, -0.05) is 6.92 Å². The van der Waals surface area contributed by atoms with Crippen LogP contribution in [0.5, 0.6) is 0 Å². The van der Waals surface area contributed by atoms with Crippen molar-refractivity contribution in [3.63, 3.8) is 0 Å². The lowest BCUT2D eigenvalue weighted by atomic mass is 10.2. The van der Waals surface area contributed by atoms with Crippen LogP contribution < -0.4 is 10.6 Å². The summed E-state index contributed by atoms with van der Waals surface area (Å²) in [6.07, 6.45) is 0.780. The van der Waals surface area contributed by atoms with Gasteiger partial charge in [0.2, 0.25) is 0 Å². The molecule has 0 spiro atoms. The summed E-state index contributed by atoms with van der Waals surface area (Å²) >= 11 is 5.05. The Labute approximate surface area is 99.7 Å². The van der Waals surface area contributed by atoms with Gasteiger partial charge in [-0.2, -0.15) is 0 Å². The maximum Gasteiger partial charge on any atom is 0.171 e. The first-order valence-electron chi connectivity index (χ1n) is 5.09. The minimum Gasteiger partial charge on any atom is -0.394 e. The highest BCUT2D eigenvalue weighted by Crippen LogP contribution is 2.08. The highest BCUT2D eigenvalue weighted by Gasteiger charge is 2.05. The van der Waals surface area contributed by atoms with Gasteiger partial charge in [-0.05, 0) is 42.9 Å². The van der Waals surface area contributed by atoms with Crippen LogP contribution in [0.25, 0.3) is 0 Å². The van der Waals surface area contributed by atoms with Gasteiger partial charge in [-0.25, -0.2) is 4.39 Å². The third-order valence-corrected chi connectivity index (χ3v) is 2.37. The van der Waals surface area contributed by atoms with E-state index in [4.69, 9.17) is 17.3 Å². The molecule has 0 aliphatic heterocycles. The molecule has 16 heavy (non-hydrogen) atoms. The monoisotopic (exact) mass is 242 g/mol. The number of benzene rings is 1. The van der Waals surface area contributed by atoms with Crippen molar-refractivity contribution in [3.05, 3.63) is 30.1 Å². The van der Waals surface area contributed by atoms with Crippen LogP contribution in [0, 0.1) is 5.82 Å². The molecule has 1 aromatic carbocycles. The Bertz CT molecular complexity index is 338. The van der Waals surface area contributed by atoms with Crippen LogP contribution in [0.3, 0.4) is 0 Å². The first kappa shape index (κ1) is 12.9. The van der Waals surface area contributed by atoms with Crippen molar-refractivity contribution in [1.82, 2.24) is 5.32 Å². The highest BCUT2D eigenvalue weighted by atomic mass is 32.1. The SMILES string of the molecule is CC[C@@H](CO)NC(=S)Nc1ccc(F)cc1. The molecule has 1 rings (SSSR count). The second-order valence-electron chi connectivity index (χ2n) is 3.39. The van der Waals surface area contributed by atoms with E-state index in [9.17, 15) is 4.39 Å². The van der Waals surface area contributed by atoms with Crippen molar-refractivity contribution in [2.24, 2.45) is 0 Å². The molecule has 0 saturated carbocycles. The molecule has 1 atom stereocenters. The smallest absolute Gasteiger partial charge is 0.171 e. The minimum atomic E-state index is -0.286. The second kappa shape index (κ2) is 6.40. The molecule has 88 valence electrons. The van der Waals surface area contributed by atoms with Crippen LogP contribution in [0.2, 0.25) is 0 Å². The second-order valence-corrected chi connectivity index (χ2v) is 3.80. The molecule has 0 amide bonds. The van der Waals surface area contributed by atoms with Crippen LogP contribution in [-0.2, 0) is 0 Å². The van der Waals surface area contributed by atoms with Gasteiger partial charge >= 0.3 is 0 Å². The summed E-state index contributed by atoms with van der Waals surface area (Å²) in [5, 5.41) is 15.3. The minimum absolute atomic E-state index is 0.0295. The Kier molecular flexibility index (Phi) is 5.14. The Morgan fingerprint density at radius 3 is 2.56 bits per heavy atom. The number of aliphatic hydroxyl groups is 1. The molecular formula is C11H15FN2OS. The van der Waals surface area contributed by atoms with Crippen LogP contribution in [0.4, 0.5) is 10.1 Å². The Morgan fingerprint density at radius 1 is 1.44 bits per heavy atom. The zero-order chi connectivity index (χ0) is 12.0. The Hall–Kier alpha value is -1.20. The zero-order valence-electron chi connectivity index (χ0n) is 9.03. The van der Waals surface area contributed by atoms with E-state index in [0.29, 0.717) is 10.8 Å². The van der Waals surface area contributed by atoms with Crippen LogP contribution >= 0.6 is 12.2 Å². The molecule has 0 aliphatic rings. The maximum atomic E-state index is 12.6. The van der Waals surface area contributed by atoms with E-state index in [0.717, 1.165) is 6.42 Å². The zero-order valence-corrected chi connectivity index (χ0v) is 9.85. The van der Waals surface area contributed by atoms with Gasteiger partial charge in [-0.15, -0.1) is 0 Å². The number of rotatable bonds is 4. The fourth-order valence-electron chi connectivity index (χ4n) is 1.16. The van der Waals surface area contributed by atoms with Gasteiger partial charge in [0.1, 0.15) is 5.82 Å². The summed E-state index contributed by atoms with van der Waals surface area (Å²) < 4.78 is 12.6. The molecule has 0 radical (unpaired) electrons. The fourth-order valence-corrected chi connectivity index (χ4v) is 1.45. The molecule has 3 nitrogen and oxygen atoms in total. The number of anilines is 1. The molecule has 0 heterocycles. The first-order valence-corrected chi connectivity index (χ1v) is 5.50. The number of thiocarbonyl (C=S) groups is 1. The third kappa shape index (κ3) is 4.12. The molecule has 0 bridgehead atoms. The molecule has 3 N–H and O–H groups in total. The summed E-state index contributed by atoms with van der Waals surface area (Å²) in [5.74, 6) is -0.286. The van der Waals surface area contributed by atoms with E-state index in [2.05, 4.69) is 10.6 Å². The number of halogens is 1. The largest absolute Gasteiger partial charge is 0.394 e. The third-order valence-electron chi connectivity index (χ3n) is 2.15. The summed E-state index contributed by atoms with van der Waals surface area (Å²) in [6, 6.07) is 5.86. The van der Waals surface area contributed by atoms with Crippen molar-refractivity contribution in [1.29, 1.82) is 0 Å². The van der Waals surface area contributed by atoms with Crippen molar-refractivity contribution >= 4 is 23.0 Å². The predicted molar refractivity (Wildman–Crippen MR) is 66.9 cm³/mol. The van der Waals surface area contributed by atoms with Gasteiger partial charge in [0.05, 0.1) is 12.6 Å². The number of hydrogen-bond donors (Lipinski definition) is 3. The van der Waals surface area contributed by atoms with Gasteiger partial charge in [0, 0.05) is 5.69 Å². The van der Waals surface area contributed by atoms with E-state index in [1.165, 1.54) is 12.1 Å². The standard InChI is InChI=1S/C11H15FN2OS/c1-2-9(7-15)13-11(16)14-10-5-3-8(12)4-6-10/h3-6,9,15H,2,7H2,1H3,(H2,13,14,16)/t9-/m0/s1. The summed E-state index contributed by atoms with van der Waals surface area (Å²) in [4.78, 5) is 0. The predicted octanol–water partition coefficient (Wildman–Crippen LogP) is 1.88. The van der Waals surface area contributed by atoms with Crippen molar-refractivity contribution < 1.29 is 9.50 Å². The summed E-state index contributed by atoms with van der Waals surface area (Å²) in [6.45, 7) is 1.98. The lowest BCUT2D eigenvalue weighted by Crippen LogP contribution is -2.39. The van der Waals surface area contributed by atoms with Crippen LogP contribution in [0.1, 0.15) is 13.3 Å². The van der Waals surface area contributed by atoms with Gasteiger partial charge in [0.15, 0.2) is 5.11 Å². The highest BCUT2D eigenvalue weighted by molar-refractivity contribution is 7.80. The molecule has 0 saturated heterocycles. The summed E-state index contributed by atoms with van der Waals surface area (Å²) in [7, 11) is 0. The molecule has 0 unspecified atom stereocenters. The normalized spacial score (nSPS) is 11.9. The number of nitrogens with one attached hydrogen (secondary N) is 2. The fraction of sp³-hybridized carbons (Fsp3) is 0.364. The quantitative estimate of drug-likeness (QED) is 0.705. The average molecular weight is 242 g/mol. The van der Waals surface area contributed by atoms with E-state index in [1.54, 1.807) is 12.1 Å². The van der Waals surface area contributed by atoms with E-state index in [1.807, 2.05) is 6.92 Å². The van der Waals surface area contributed by atoms with Crippen LogP contribution in [-0.4, -0.2) is 22.9 Å². The first-order chi connectivity index (χ1) is 7.65. The lowest BCUT2D eigenvalue weighted by molar-refractivity contribution is 0.253. The van der Waals surface area contributed by atoms with Gasteiger partial charge in [-0.3, -0.25) is 0 Å². The average Bonchev–Trinajstić information content (AvgIpc) is 2.29. The van der Waals surface area contributed by atoms with Crippen molar-refractivity contribution in [3.8, 4) is 0 Å². The number of hydrogen-bond acceptors (Lipinski definition) is 2. The van der Waals surface area contributed by atoms with Gasteiger partial charge in [0.25, 0.3) is 0 Å². The summed E-state index contributed by atoms with van der Waals surface area (Å²) in [5.41, 5.74) is 0.715. The molecule has 1 aromatic rings. The Balaban J connectivity index is 2.48. The maximum absolute atomic E-state index is 12.6. The molecule has 5 heteroatoms. The lowest BCUT2D eigenvalue weighted by Gasteiger charge is -2.17. The molecule has 0 aromatic heterocycles.